The van der Waals surface area contributed by atoms with Gasteiger partial charge in [0.2, 0.25) is 0 Å². The van der Waals surface area contributed by atoms with E-state index >= 15 is 0 Å². The van der Waals surface area contributed by atoms with Gasteiger partial charge in [-0.3, -0.25) is 4.90 Å². The van der Waals surface area contributed by atoms with Gasteiger partial charge in [0.1, 0.15) is 16.8 Å². The van der Waals surface area contributed by atoms with Crippen LogP contribution in [0, 0.1) is 11.3 Å². The normalized spacial score (nSPS) is 15.3. The number of fused-ring (bicyclic) bond motifs is 1. The number of benzene rings is 4. The number of anilines is 3. The fraction of sp³-hybridized carbons (Fsp3) is 0.0333. The highest BCUT2D eigenvalue weighted by atomic mass is 35.5. The number of hydrogen-bond acceptors (Lipinski definition) is 4. The third-order valence-corrected chi connectivity index (χ3v) is 6.65. The van der Waals surface area contributed by atoms with Crippen molar-refractivity contribution >= 4 is 45.6 Å². The molecule has 2 amide bonds. The molecule has 1 atom stereocenters. The van der Waals surface area contributed by atoms with Crippen LogP contribution in [-0.4, -0.2) is 11.0 Å². The molecule has 178 valence electrons. The summed E-state index contributed by atoms with van der Waals surface area (Å²) in [6, 6.07) is 38.3. The molecule has 1 fully saturated rings. The van der Waals surface area contributed by atoms with Gasteiger partial charge in [-0.25, -0.2) is 14.8 Å². The van der Waals surface area contributed by atoms with Crippen molar-refractivity contribution in [2.24, 2.45) is 0 Å². The van der Waals surface area contributed by atoms with Crippen LogP contribution in [0.2, 0.25) is 5.15 Å². The van der Waals surface area contributed by atoms with Crippen molar-refractivity contribution in [1.82, 2.24) is 4.98 Å². The van der Waals surface area contributed by atoms with Crippen molar-refractivity contribution in [3.05, 3.63) is 132 Å². The average Bonchev–Trinajstić information content (AvgIpc) is 3.26. The van der Waals surface area contributed by atoms with Crippen LogP contribution >= 0.6 is 11.6 Å². The number of rotatable bonds is 4. The van der Waals surface area contributed by atoms with Crippen LogP contribution in [0.3, 0.4) is 0 Å². The highest BCUT2D eigenvalue weighted by Crippen LogP contribution is 2.46. The second-order valence-electron chi connectivity index (χ2n) is 8.52. The Morgan fingerprint density at radius 1 is 0.757 bits per heavy atom. The van der Waals surface area contributed by atoms with Crippen molar-refractivity contribution in [2.75, 3.05) is 14.9 Å². The molecule has 5 aromatic rings. The minimum absolute atomic E-state index is 0.0476. The van der Waals surface area contributed by atoms with E-state index in [1.54, 1.807) is 9.91 Å². The Hall–Kier alpha value is -4.86. The Labute approximate surface area is 219 Å². The summed E-state index contributed by atoms with van der Waals surface area (Å²) in [6.07, 6.45) is -0.532. The fourth-order valence-electron chi connectivity index (χ4n) is 4.80. The number of hydrazine groups is 1. The van der Waals surface area contributed by atoms with E-state index in [0.29, 0.717) is 16.6 Å². The molecule has 0 spiro atoms. The molecule has 7 heteroatoms. The van der Waals surface area contributed by atoms with Gasteiger partial charge in [0, 0.05) is 11.1 Å². The topological polar surface area (TPSA) is 63.5 Å². The monoisotopic (exact) mass is 501 g/mol. The maximum atomic E-state index is 14.5. The highest BCUT2D eigenvalue weighted by Gasteiger charge is 2.48. The van der Waals surface area contributed by atoms with Crippen LogP contribution in [0.5, 0.6) is 0 Å². The quantitative estimate of drug-likeness (QED) is 0.242. The second-order valence-corrected chi connectivity index (χ2v) is 8.88. The second kappa shape index (κ2) is 9.30. The van der Waals surface area contributed by atoms with Gasteiger partial charge in [-0.15, -0.1) is 0 Å². The number of pyridine rings is 1. The van der Waals surface area contributed by atoms with E-state index in [2.05, 4.69) is 11.1 Å². The van der Waals surface area contributed by atoms with Crippen LogP contribution in [0.25, 0.3) is 10.9 Å². The van der Waals surface area contributed by atoms with Gasteiger partial charge >= 0.3 is 6.03 Å². The first-order valence-corrected chi connectivity index (χ1v) is 12.1. The lowest BCUT2D eigenvalue weighted by molar-refractivity contribution is 0.255. The van der Waals surface area contributed by atoms with Gasteiger partial charge in [0.05, 0.1) is 16.9 Å². The predicted molar refractivity (Wildman–Crippen MR) is 146 cm³/mol. The molecule has 2 heterocycles. The molecule has 0 N–H and O–H groups in total. The summed E-state index contributed by atoms with van der Waals surface area (Å²) in [5, 5.41) is 14.4. The minimum Gasteiger partial charge on any atom is -0.265 e. The van der Waals surface area contributed by atoms with Crippen LogP contribution in [0.15, 0.2) is 115 Å². The third kappa shape index (κ3) is 3.74. The van der Waals surface area contributed by atoms with Gasteiger partial charge in [-0.05, 0) is 35.9 Å². The van der Waals surface area contributed by atoms with E-state index in [1.165, 1.54) is 0 Å². The number of carbonyl (C=O) groups excluding carboxylic acids is 1. The number of para-hydroxylation sites is 3. The van der Waals surface area contributed by atoms with E-state index in [4.69, 9.17) is 11.6 Å². The standard InChI is InChI=1S/C30H20ClN5O/c31-28-25(20-32)27(24-18-10-11-19-26(24)33-28)36-30(37)34(22-14-6-2-7-15-22)29(21-12-4-1-5-13-21)35(36)23-16-8-3-9-17-23/h1-19,29H. The Bertz CT molecular complexity index is 1640. The number of nitriles is 1. The number of halogens is 1. The summed E-state index contributed by atoms with van der Waals surface area (Å²) >= 11 is 6.53. The Morgan fingerprint density at radius 3 is 1.97 bits per heavy atom. The maximum absolute atomic E-state index is 14.5. The summed E-state index contributed by atoms with van der Waals surface area (Å²) in [6.45, 7) is 0. The molecule has 6 rings (SSSR count). The zero-order chi connectivity index (χ0) is 25.4. The highest BCUT2D eigenvalue weighted by molar-refractivity contribution is 6.32. The molecule has 0 saturated carbocycles. The zero-order valence-corrected chi connectivity index (χ0v) is 20.3. The summed E-state index contributed by atoms with van der Waals surface area (Å²) in [4.78, 5) is 20.7. The molecule has 37 heavy (non-hydrogen) atoms. The molecular weight excluding hydrogens is 482 g/mol. The first-order valence-electron chi connectivity index (χ1n) is 11.7. The molecule has 1 aromatic heterocycles. The number of carbonyl (C=O) groups is 1. The van der Waals surface area contributed by atoms with Gasteiger partial charge in [0.15, 0.2) is 6.17 Å². The van der Waals surface area contributed by atoms with Crippen LogP contribution in [0.1, 0.15) is 17.3 Å². The molecule has 1 unspecified atom stereocenters. The summed E-state index contributed by atoms with van der Waals surface area (Å²) in [5.41, 5.74) is 3.55. The van der Waals surface area contributed by atoms with Gasteiger partial charge < -0.3 is 0 Å². The largest absolute Gasteiger partial charge is 0.350 e. The van der Waals surface area contributed by atoms with Crippen LogP contribution in [0.4, 0.5) is 21.9 Å². The molecule has 1 aliphatic rings. The molecular formula is C30H20ClN5O. The molecule has 1 aliphatic heterocycles. The third-order valence-electron chi connectivity index (χ3n) is 6.38. The van der Waals surface area contributed by atoms with Crippen molar-refractivity contribution in [1.29, 1.82) is 5.26 Å². The molecule has 0 radical (unpaired) electrons. The van der Waals surface area contributed by atoms with Crippen LogP contribution < -0.4 is 14.9 Å². The summed E-state index contributed by atoms with van der Waals surface area (Å²) < 4.78 is 0. The van der Waals surface area contributed by atoms with Crippen molar-refractivity contribution in [3.8, 4) is 6.07 Å². The van der Waals surface area contributed by atoms with Crippen LogP contribution in [-0.2, 0) is 0 Å². The van der Waals surface area contributed by atoms with E-state index < -0.39 is 6.17 Å². The van der Waals surface area contributed by atoms with E-state index in [9.17, 15) is 10.1 Å². The maximum Gasteiger partial charge on any atom is 0.350 e. The van der Waals surface area contributed by atoms with Gasteiger partial charge in [-0.2, -0.15) is 10.3 Å². The molecule has 4 aromatic carbocycles. The molecule has 0 aliphatic carbocycles. The number of hydrogen-bond donors (Lipinski definition) is 0. The lowest BCUT2D eigenvalue weighted by Crippen LogP contribution is -2.40. The summed E-state index contributed by atoms with van der Waals surface area (Å²) in [5.74, 6) is 0. The fourth-order valence-corrected chi connectivity index (χ4v) is 5.02. The lowest BCUT2D eigenvalue weighted by atomic mass is 10.1. The average molecular weight is 502 g/mol. The molecule has 0 bridgehead atoms. The van der Waals surface area contributed by atoms with Crippen molar-refractivity contribution in [3.63, 3.8) is 0 Å². The smallest absolute Gasteiger partial charge is 0.265 e. The molecule has 6 nitrogen and oxygen atoms in total. The Kier molecular flexibility index (Phi) is 5.68. The number of nitrogens with zero attached hydrogens (tertiary/aromatic N) is 5. The zero-order valence-electron chi connectivity index (χ0n) is 19.6. The Morgan fingerprint density at radius 2 is 1.32 bits per heavy atom. The number of urea groups is 1. The first kappa shape index (κ1) is 22.6. The number of aromatic nitrogens is 1. The lowest BCUT2D eigenvalue weighted by Gasteiger charge is -2.34. The predicted octanol–water partition coefficient (Wildman–Crippen LogP) is 7.33. The minimum atomic E-state index is -0.532. The van der Waals surface area contributed by atoms with Crippen molar-refractivity contribution < 1.29 is 4.79 Å². The van der Waals surface area contributed by atoms with Crippen molar-refractivity contribution in [2.45, 2.75) is 6.17 Å². The first-order chi connectivity index (χ1) is 18.2. The van der Waals surface area contributed by atoms with E-state index in [1.807, 2.05) is 120 Å². The SMILES string of the molecule is N#Cc1c(Cl)nc2ccccc2c1N1C(=O)N(c2ccccc2)C(c2ccccc2)N1c1ccccc1. The molecule has 1 saturated heterocycles. The Balaban J connectivity index is 1.70. The summed E-state index contributed by atoms with van der Waals surface area (Å²) in [7, 11) is 0. The van der Waals surface area contributed by atoms with Gasteiger partial charge in [-0.1, -0.05) is 96.5 Å². The van der Waals surface area contributed by atoms with Gasteiger partial charge in [0.25, 0.3) is 0 Å². The van der Waals surface area contributed by atoms with E-state index in [0.717, 1.165) is 16.9 Å². The number of amides is 2. The van der Waals surface area contributed by atoms with E-state index in [-0.39, 0.29) is 16.7 Å².